The Kier molecular flexibility index (Phi) is 2.36. The summed E-state index contributed by atoms with van der Waals surface area (Å²) in [5, 5.41) is 12.7. The molecule has 0 spiro atoms. The molecule has 0 atom stereocenters. The van der Waals surface area contributed by atoms with Crippen LogP contribution in [0.15, 0.2) is 4.99 Å². The van der Waals surface area contributed by atoms with Crippen molar-refractivity contribution in [2.75, 3.05) is 6.61 Å². The maximum Gasteiger partial charge on any atom is 0.291 e. The van der Waals surface area contributed by atoms with Crippen molar-refractivity contribution in [2.24, 2.45) is 4.99 Å². The summed E-state index contributed by atoms with van der Waals surface area (Å²) >= 11 is 0. The van der Waals surface area contributed by atoms with Gasteiger partial charge in [-0.2, -0.15) is 10.2 Å². The van der Waals surface area contributed by atoms with Crippen LogP contribution in [0.3, 0.4) is 0 Å². The van der Waals surface area contributed by atoms with Crippen LogP contribution in [0.1, 0.15) is 6.92 Å². The molecule has 6 nitrogen and oxygen atoms in total. The number of aromatic nitrogens is 4. The third kappa shape index (κ3) is 1.81. The fourth-order valence-corrected chi connectivity index (χ4v) is 0.370. The van der Waals surface area contributed by atoms with Gasteiger partial charge in [0.25, 0.3) is 5.95 Å². The van der Waals surface area contributed by atoms with E-state index in [1.807, 2.05) is 6.92 Å². The highest BCUT2D eigenvalue weighted by Crippen LogP contribution is 1.93. The van der Waals surface area contributed by atoms with Gasteiger partial charge < -0.3 is 4.74 Å². The van der Waals surface area contributed by atoms with Crippen LogP contribution < -0.4 is 0 Å². The average Bonchev–Trinajstić information content (AvgIpc) is 2.41. The van der Waals surface area contributed by atoms with E-state index < -0.39 is 0 Å². The van der Waals surface area contributed by atoms with E-state index in [9.17, 15) is 0 Å². The van der Waals surface area contributed by atoms with Gasteiger partial charge in [-0.25, -0.2) is 0 Å². The third-order valence-corrected chi connectivity index (χ3v) is 0.744. The Morgan fingerprint density at radius 1 is 1.80 bits per heavy atom. The molecule has 0 unspecified atom stereocenters. The maximum atomic E-state index is 4.79. The van der Waals surface area contributed by atoms with Crippen molar-refractivity contribution in [1.29, 1.82) is 0 Å². The van der Waals surface area contributed by atoms with E-state index in [4.69, 9.17) is 4.74 Å². The first-order valence-corrected chi connectivity index (χ1v) is 2.81. The molecule has 1 rings (SSSR count). The van der Waals surface area contributed by atoms with Gasteiger partial charge >= 0.3 is 0 Å². The van der Waals surface area contributed by atoms with Crippen LogP contribution in [0, 0.1) is 0 Å². The van der Waals surface area contributed by atoms with E-state index in [-0.39, 0.29) is 5.95 Å². The number of H-pyrrole nitrogens is 1. The van der Waals surface area contributed by atoms with Gasteiger partial charge in [-0.3, -0.25) is 0 Å². The van der Waals surface area contributed by atoms with E-state index in [0.717, 1.165) is 0 Å². The Bertz CT molecular complexity index is 193. The summed E-state index contributed by atoms with van der Waals surface area (Å²) in [6.07, 6.45) is 1.28. The van der Waals surface area contributed by atoms with Crippen molar-refractivity contribution in [1.82, 2.24) is 20.6 Å². The molecule has 0 aliphatic carbocycles. The molecule has 0 amide bonds. The predicted molar refractivity (Wildman–Crippen MR) is 34.0 cm³/mol. The Labute approximate surface area is 57.3 Å². The van der Waals surface area contributed by atoms with E-state index >= 15 is 0 Å². The highest BCUT2D eigenvalue weighted by molar-refractivity contribution is 5.50. The lowest BCUT2D eigenvalue weighted by Crippen LogP contribution is -1.83. The van der Waals surface area contributed by atoms with E-state index in [2.05, 4.69) is 25.6 Å². The van der Waals surface area contributed by atoms with Crippen molar-refractivity contribution < 1.29 is 4.74 Å². The SMILES string of the molecule is CCO/C=N/c1nn[nH]n1. The van der Waals surface area contributed by atoms with Crippen molar-refractivity contribution in [3.63, 3.8) is 0 Å². The predicted octanol–water partition coefficient (Wildman–Crippen LogP) is -0.104. The molecule has 0 saturated carbocycles. The number of aliphatic imine (C=N–C) groups is 1. The molecule has 0 fully saturated rings. The molecular weight excluding hydrogens is 134 g/mol. The summed E-state index contributed by atoms with van der Waals surface area (Å²) < 4.78 is 4.79. The van der Waals surface area contributed by atoms with Crippen LogP contribution in [0.2, 0.25) is 0 Å². The largest absolute Gasteiger partial charge is 0.483 e. The first-order valence-electron chi connectivity index (χ1n) is 2.81. The number of hydrogen-bond acceptors (Lipinski definition) is 5. The number of nitrogens with zero attached hydrogens (tertiary/aromatic N) is 4. The van der Waals surface area contributed by atoms with Crippen LogP contribution in [-0.2, 0) is 4.74 Å². The normalized spacial score (nSPS) is 10.5. The van der Waals surface area contributed by atoms with Crippen LogP contribution in [-0.4, -0.2) is 33.6 Å². The molecule has 1 N–H and O–H groups in total. The summed E-state index contributed by atoms with van der Waals surface area (Å²) in [7, 11) is 0. The molecule has 1 heterocycles. The summed E-state index contributed by atoms with van der Waals surface area (Å²) in [5.74, 6) is 0.272. The molecule has 0 aromatic carbocycles. The maximum absolute atomic E-state index is 4.79. The molecule has 0 saturated heterocycles. The zero-order valence-electron chi connectivity index (χ0n) is 5.48. The fraction of sp³-hybridized carbons (Fsp3) is 0.500. The van der Waals surface area contributed by atoms with Crippen molar-refractivity contribution in [3.8, 4) is 0 Å². The van der Waals surface area contributed by atoms with Gasteiger partial charge in [-0.15, -0.1) is 5.10 Å². The Morgan fingerprint density at radius 3 is 3.30 bits per heavy atom. The lowest BCUT2D eigenvalue weighted by atomic mass is 10.9. The Balaban J connectivity index is 2.40. The number of nitrogens with one attached hydrogen (secondary N) is 1. The number of tetrazole rings is 1. The molecule has 0 aliphatic heterocycles. The van der Waals surface area contributed by atoms with Gasteiger partial charge in [0.2, 0.25) is 0 Å². The van der Waals surface area contributed by atoms with Crippen LogP contribution in [0.5, 0.6) is 0 Å². The lowest BCUT2D eigenvalue weighted by Gasteiger charge is -1.87. The molecule has 0 aliphatic rings. The standard InChI is InChI=1S/C4H7N5O/c1-2-10-3-5-4-6-8-9-7-4/h3H,2H2,1H3,(H,6,7,8,9)/b5-3+. The van der Waals surface area contributed by atoms with Gasteiger partial charge in [0, 0.05) is 0 Å². The van der Waals surface area contributed by atoms with Gasteiger partial charge in [0.15, 0.2) is 6.40 Å². The molecule has 6 heteroatoms. The van der Waals surface area contributed by atoms with Gasteiger partial charge in [-0.05, 0) is 12.1 Å². The zero-order chi connectivity index (χ0) is 7.23. The molecule has 1 aromatic heterocycles. The second-order valence-corrected chi connectivity index (χ2v) is 1.40. The fourth-order valence-electron chi connectivity index (χ4n) is 0.370. The van der Waals surface area contributed by atoms with Crippen molar-refractivity contribution in [2.45, 2.75) is 6.92 Å². The van der Waals surface area contributed by atoms with Gasteiger partial charge in [0.05, 0.1) is 6.61 Å². The zero-order valence-corrected chi connectivity index (χ0v) is 5.48. The Hall–Kier alpha value is -1.46. The molecule has 0 radical (unpaired) electrons. The number of rotatable bonds is 3. The minimum atomic E-state index is 0.272. The van der Waals surface area contributed by atoms with E-state index in [1.54, 1.807) is 0 Å². The first kappa shape index (κ1) is 6.66. The minimum absolute atomic E-state index is 0.272. The summed E-state index contributed by atoms with van der Waals surface area (Å²) in [6, 6.07) is 0. The monoisotopic (exact) mass is 141 g/mol. The Morgan fingerprint density at radius 2 is 2.70 bits per heavy atom. The van der Waals surface area contributed by atoms with Gasteiger partial charge in [-0.1, -0.05) is 5.10 Å². The summed E-state index contributed by atoms with van der Waals surface area (Å²) in [4.78, 5) is 3.69. The summed E-state index contributed by atoms with van der Waals surface area (Å²) in [6.45, 7) is 2.45. The minimum Gasteiger partial charge on any atom is -0.483 e. The number of aromatic amines is 1. The summed E-state index contributed by atoms with van der Waals surface area (Å²) in [5.41, 5.74) is 0. The van der Waals surface area contributed by atoms with Crippen LogP contribution >= 0.6 is 0 Å². The topological polar surface area (TPSA) is 76.1 Å². The molecular formula is C4H7N5O. The number of ether oxygens (including phenoxy) is 1. The highest BCUT2D eigenvalue weighted by Gasteiger charge is 1.88. The lowest BCUT2D eigenvalue weighted by molar-refractivity contribution is 0.343. The average molecular weight is 141 g/mol. The molecule has 0 bridgehead atoms. The molecule has 54 valence electrons. The number of hydrogen-bond donors (Lipinski definition) is 1. The van der Waals surface area contributed by atoms with Crippen LogP contribution in [0.4, 0.5) is 5.95 Å². The van der Waals surface area contributed by atoms with Gasteiger partial charge in [0.1, 0.15) is 0 Å². The first-order chi connectivity index (χ1) is 4.93. The van der Waals surface area contributed by atoms with Crippen molar-refractivity contribution >= 4 is 12.3 Å². The van der Waals surface area contributed by atoms with E-state index in [0.29, 0.717) is 6.61 Å². The quantitative estimate of drug-likeness (QED) is 0.471. The smallest absolute Gasteiger partial charge is 0.291 e. The van der Waals surface area contributed by atoms with Crippen molar-refractivity contribution in [3.05, 3.63) is 0 Å². The van der Waals surface area contributed by atoms with Crippen LogP contribution in [0.25, 0.3) is 0 Å². The van der Waals surface area contributed by atoms with E-state index in [1.165, 1.54) is 6.40 Å². The highest BCUT2D eigenvalue weighted by atomic mass is 16.5. The third-order valence-electron chi connectivity index (χ3n) is 0.744. The second-order valence-electron chi connectivity index (χ2n) is 1.40. The second kappa shape index (κ2) is 3.54. The molecule has 1 aromatic rings. The molecule has 10 heavy (non-hydrogen) atoms.